The standard InChI is InChI=1S/C24H22N4O3S2/c29-23(18-7-6-8-19(17-18)26-33(30,31)20-9-2-1-3-10-20)27-13-15-28(16-14-27)24-25-21-11-4-5-12-22(21)32-24/h1-12,17,26H,13-16H2. The fraction of sp³-hybridized carbons (Fsp3) is 0.167. The van der Waals surface area contributed by atoms with Crippen LogP contribution >= 0.6 is 11.3 Å². The van der Waals surface area contributed by atoms with E-state index >= 15 is 0 Å². The number of nitrogens with one attached hydrogen (secondary N) is 1. The number of amides is 1. The van der Waals surface area contributed by atoms with Gasteiger partial charge in [-0.15, -0.1) is 0 Å². The number of hydrogen-bond acceptors (Lipinski definition) is 6. The van der Waals surface area contributed by atoms with Crippen LogP contribution in [0.3, 0.4) is 0 Å². The number of sulfonamides is 1. The van der Waals surface area contributed by atoms with Crippen LogP contribution in [0.4, 0.5) is 10.8 Å². The van der Waals surface area contributed by atoms with E-state index in [-0.39, 0.29) is 10.8 Å². The predicted octanol–water partition coefficient (Wildman–Crippen LogP) is 4.06. The second-order valence-electron chi connectivity index (χ2n) is 7.74. The molecule has 168 valence electrons. The molecule has 1 saturated heterocycles. The molecular weight excluding hydrogens is 456 g/mol. The average Bonchev–Trinajstić information content (AvgIpc) is 3.29. The van der Waals surface area contributed by atoms with Gasteiger partial charge in [0.25, 0.3) is 15.9 Å². The first-order valence-electron chi connectivity index (χ1n) is 10.6. The number of carbonyl (C=O) groups excluding carboxylic acids is 1. The molecule has 1 amide bonds. The zero-order chi connectivity index (χ0) is 22.8. The quantitative estimate of drug-likeness (QED) is 0.468. The van der Waals surface area contributed by atoms with Gasteiger partial charge in [-0.1, -0.05) is 47.7 Å². The lowest BCUT2D eigenvalue weighted by molar-refractivity contribution is 0.0747. The summed E-state index contributed by atoms with van der Waals surface area (Å²) in [4.78, 5) is 22.0. The van der Waals surface area contributed by atoms with E-state index in [0.29, 0.717) is 37.4 Å². The van der Waals surface area contributed by atoms with Gasteiger partial charge in [0, 0.05) is 37.4 Å². The zero-order valence-electron chi connectivity index (χ0n) is 17.7. The number of para-hydroxylation sites is 1. The average molecular weight is 479 g/mol. The monoisotopic (exact) mass is 478 g/mol. The molecule has 0 bridgehead atoms. The van der Waals surface area contributed by atoms with Crippen LogP contribution in [0.1, 0.15) is 10.4 Å². The van der Waals surface area contributed by atoms with Gasteiger partial charge in [0.15, 0.2) is 5.13 Å². The molecule has 1 aromatic heterocycles. The van der Waals surface area contributed by atoms with Crippen LogP contribution in [-0.4, -0.2) is 50.4 Å². The Morgan fingerprint density at radius 1 is 0.879 bits per heavy atom. The Morgan fingerprint density at radius 2 is 1.61 bits per heavy atom. The van der Waals surface area contributed by atoms with Crippen molar-refractivity contribution in [2.24, 2.45) is 0 Å². The lowest BCUT2D eigenvalue weighted by atomic mass is 10.1. The Balaban J connectivity index is 1.26. The van der Waals surface area contributed by atoms with E-state index in [1.165, 1.54) is 12.1 Å². The molecule has 0 aliphatic carbocycles. The number of carbonyl (C=O) groups is 1. The lowest BCUT2D eigenvalue weighted by Gasteiger charge is -2.34. The molecule has 4 aromatic rings. The third kappa shape index (κ3) is 4.55. The molecule has 0 unspecified atom stereocenters. The summed E-state index contributed by atoms with van der Waals surface area (Å²) in [5.41, 5.74) is 1.81. The highest BCUT2D eigenvalue weighted by Crippen LogP contribution is 2.29. The minimum atomic E-state index is -3.72. The van der Waals surface area contributed by atoms with Crippen molar-refractivity contribution < 1.29 is 13.2 Å². The molecule has 7 nitrogen and oxygen atoms in total. The second-order valence-corrected chi connectivity index (χ2v) is 10.4. The van der Waals surface area contributed by atoms with Crippen LogP contribution < -0.4 is 9.62 Å². The zero-order valence-corrected chi connectivity index (χ0v) is 19.3. The second kappa shape index (κ2) is 8.84. The van der Waals surface area contributed by atoms with Crippen LogP contribution in [0.2, 0.25) is 0 Å². The summed E-state index contributed by atoms with van der Waals surface area (Å²) in [5, 5.41) is 0.973. The Hall–Kier alpha value is -3.43. The number of anilines is 2. The van der Waals surface area contributed by atoms with Crippen LogP contribution in [-0.2, 0) is 10.0 Å². The molecule has 5 rings (SSSR count). The number of nitrogens with zero attached hydrogens (tertiary/aromatic N) is 3. The smallest absolute Gasteiger partial charge is 0.261 e. The molecule has 0 radical (unpaired) electrons. The number of thiazole rings is 1. The van der Waals surface area contributed by atoms with Gasteiger partial charge in [-0.05, 0) is 42.5 Å². The van der Waals surface area contributed by atoms with Crippen LogP contribution in [0.5, 0.6) is 0 Å². The highest BCUT2D eigenvalue weighted by molar-refractivity contribution is 7.92. The molecule has 1 fully saturated rings. The van der Waals surface area contributed by atoms with Crippen molar-refractivity contribution in [3.63, 3.8) is 0 Å². The van der Waals surface area contributed by atoms with Crippen molar-refractivity contribution in [1.29, 1.82) is 0 Å². The third-order valence-corrected chi connectivity index (χ3v) is 8.03. The fourth-order valence-corrected chi connectivity index (χ4v) is 5.90. The predicted molar refractivity (Wildman–Crippen MR) is 131 cm³/mol. The highest BCUT2D eigenvalue weighted by atomic mass is 32.2. The first-order chi connectivity index (χ1) is 16.0. The van der Waals surface area contributed by atoms with Crippen LogP contribution in [0.15, 0.2) is 83.8 Å². The molecule has 9 heteroatoms. The molecule has 1 aliphatic rings. The Labute approximate surface area is 196 Å². The maximum atomic E-state index is 13.1. The molecule has 2 heterocycles. The van der Waals surface area contributed by atoms with E-state index in [9.17, 15) is 13.2 Å². The van der Waals surface area contributed by atoms with Crippen LogP contribution in [0, 0.1) is 0 Å². The first-order valence-corrected chi connectivity index (χ1v) is 12.9. The van der Waals surface area contributed by atoms with E-state index in [1.807, 2.05) is 18.2 Å². The number of hydrogen-bond donors (Lipinski definition) is 1. The SMILES string of the molecule is O=C(c1cccc(NS(=O)(=O)c2ccccc2)c1)N1CCN(c2nc3ccccc3s2)CC1. The number of piperazine rings is 1. The van der Waals surface area contributed by atoms with Gasteiger partial charge in [0.05, 0.1) is 15.1 Å². The summed E-state index contributed by atoms with van der Waals surface area (Å²) in [7, 11) is -3.72. The topological polar surface area (TPSA) is 82.6 Å². The molecule has 0 atom stereocenters. The minimum absolute atomic E-state index is 0.111. The van der Waals surface area contributed by atoms with Gasteiger partial charge in [0.2, 0.25) is 0 Å². The summed E-state index contributed by atoms with van der Waals surface area (Å²) in [6.07, 6.45) is 0. The summed E-state index contributed by atoms with van der Waals surface area (Å²) < 4.78 is 28.9. The van der Waals surface area contributed by atoms with Crippen molar-refractivity contribution in [1.82, 2.24) is 9.88 Å². The van der Waals surface area contributed by atoms with E-state index in [0.717, 1.165) is 15.3 Å². The van der Waals surface area contributed by atoms with Crippen molar-refractivity contribution in [2.75, 3.05) is 35.8 Å². The third-order valence-electron chi connectivity index (χ3n) is 5.54. The molecular formula is C24H22N4O3S2. The molecule has 1 aliphatic heterocycles. The van der Waals surface area contributed by atoms with Gasteiger partial charge < -0.3 is 9.80 Å². The van der Waals surface area contributed by atoms with Crippen molar-refractivity contribution in [3.8, 4) is 0 Å². The number of benzene rings is 3. The highest BCUT2D eigenvalue weighted by Gasteiger charge is 2.24. The van der Waals surface area contributed by atoms with E-state index in [2.05, 4.69) is 15.7 Å². The Kier molecular flexibility index (Phi) is 5.74. The van der Waals surface area contributed by atoms with E-state index < -0.39 is 10.0 Å². The van der Waals surface area contributed by atoms with Crippen LogP contribution in [0.25, 0.3) is 10.2 Å². The fourth-order valence-electron chi connectivity index (χ4n) is 3.81. The van der Waals surface area contributed by atoms with E-state index in [1.54, 1.807) is 58.7 Å². The number of fused-ring (bicyclic) bond motifs is 1. The van der Waals surface area contributed by atoms with Gasteiger partial charge in [-0.25, -0.2) is 13.4 Å². The minimum Gasteiger partial charge on any atom is -0.345 e. The molecule has 0 saturated carbocycles. The largest absolute Gasteiger partial charge is 0.345 e. The number of rotatable bonds is 5. The van der Waals surface area contributed by atoms with Gasteiger partial charge >= 0.3 is 0 Å². The summed E-state index contributed by atoms with van der Waals surface area (Å²) in [6.45, 7) is 2.56. The Bertz CT molecular complexity index is 1360. The van der Waals surface area contributed by atoms with Gasteiger partial charge in [0.1, 0.15) is 0 Å². The Morgan fingerprint density at radius 3 is 2.36 bits per heavy atom. The molecule has 1 N–H and O–H groups in total. The van der Waals surface area contributed by atoms with Crippen molar-refractivity contribution in [3.05, 3.63) is 84.4 Å². The van der Waals surface area contributed by atoms with Crippen molar-refractivity contribution in [2.45, 2.75) is 4.90 Å². The summed E-state index contributed by atoms with van der Waals surface area (Å²) in [5.74, 6) is -0.111. The normalized spacial score (nSPS) is 14.4. The lowest BCUT2D eigenvalue weighted by Crippen LogP contribution is -2.48. The summed E-state index contributed by atoms with van der Waals surface area (Å²) >= 11 is 1.66. The maximum Gasteiger partial charge on any atom is 0.261 e. The van der Waals surface area contributed by atoms with Gasteiger partial charge in [-0.2, -0.15) is 0 Å². The molecule has 3 aromatic carbocycles. The molecule has 0 spiro atoms. The number of aromatic nitrogens is 1. The summed E-state index contributed by atoms with van der Waals surface area (Å²) in [6, 6.07) is 22.8. The maximum absolute atomic E-state index is 13.1. The first kappa shape index (κ1) is 21.4. The van der Waals surface area contributed by atoms with Crippen molar-refractivity contribution >= 4 is 48.3 Å². The van der Waals surface area contributed by atoms with Gasteiger partial charge in [-0.3, -0.25) is 9.52 Å². The molecule has 33 heavy (non-hydrogen) atoms. The van der Waals surface area contributed by atoms with E-state index in [4.69, 9.17) is 4.98 Å².